The summed E-state index contributed by atoms with van der Waals surface area (Å²) in [4.78, 5) is 0.379. The van der Waals surface area contributed by atoms with Crippen molar-refractivity contribution < 1.29 is 16.8 Å². The molecular weight excluding hydrogens is 809 g/mol. The fraction of sp³-hybridized carbons (Fsp3) is 0.116. The predicted octanol–water partition coefficient (Wildman–Crippen LogP) is 9.68. The van der Waals surface area contributed by atoms with E-state index in [1.165, 1.54) is 37.2 Å². The average molecular weight is 846 g/mol. The summed E-state index contributed by atoms with van der Waals surface area (Å²) in [6.45, 7) is 2.19. The summed E-state index contributed by atoms with van der Waals surface area (Å²) in [5, 5.41) is 17.4. The Morgan fingerprint density at radius 3 is 1.88 bits per heavy atom. The maximum Gasteiger partial charge on any atom is 0.284 e. The molecule has 13 heteroatoms. The molecular formula is C43H37BrN6O4S2. The summed E-state index contributed by atoms with van der Waals surface area (Å²) in [7, 11) is -7.64. The number of rotatable bonds is 11. The van der Waals surface area contributed by atoms with Crippen LogP contribution in [0.2, 0.25) is 0 Å². The molecule has 2 aromatic heterocycles. The molecule has 0 fully saturated rings. The van der Waals surface area contributed by atoms with E-state index in [1.807, 2.05) is 91.0 Å². The number of aryl methyl sites for hydroxylation is 1. The third-order valence-corrected chi connectivity index (χ3v) is 13.0. The molecule has 56 heavy (non-hydrogen) atoms. The smallest absolute Gasteiger partial charge is 0.199 e. The van der Waals surface area contributed by atoms with Gasteiger partial charge in [-0.25, -0.2) is 0 Å². The lowest BCUT2D eigenvalue weighted by molar-refractivity contribution is 0.576. The fourth-order valence-electron chi connectivity index (χ4n) is 6.16. The van der Waals surface area contributed by atoms with E-state index in [0.29, 0.717) is 16.8 Å². The molecule has 8 rings (SSSR count). The van der Waals surface area contributed by atoms with E-state index in [1.54, 1.807) is 42.5 Å². The van der Waals surface area contributed by atoms with E-state index >= 15 is 0 Å². The van der Waals surface area contributed by atoms with Crippen molar-refractivity contribution in [2.45, 2.75) is 42.4 Å². The highest BCUT2D eigenvalue weighted by Gasteiger charge is 2.22. The number of fused-ring (bicyclic) bond motifs is 1. The molecule has 0 N–H and O–H groups in total. The van der Waals surface area contributed by atoms with Gasteiger partial charge in [0.2, 0.25) is 0 Å². The van der Waals surface area contributed by atoms with Gasteiger partial charge >= 0.3 is 0 Å². The van der Waals surface area contributed by atoms with Gasteiger partial charge in [0, 0.05) is 21.0 Å². The first-order valence-electron chi connectivity index (χ1n) is 18.0. The van der Waals surface area contributed by atoms with Crippen LogP contribution < -0.4 is 0 Å². The van der Waals surface area contributed by atoms with Gasteiger partial charge in [0.15, 0.2) is 0 Å². The first-order valence-corrected chi connectivity index (χ1v) is 21.7. The van der Waals surface area contributed by atoms with E-state index < -0.39 is 20.0 Å². The van der Waals surface area contributed by atoms with Crippen molar-refractivity contribution in [3.05, 3.63) is 168 Å². The summed E-state index contributed by atoms with van der Waals surface area (Å²) in [5.41, 5.74) is 5.89. The largest absolute Gasteiger partial charge is 0.284 e. The molecule has 282 valence electrons. The first kappa shape index (κ1) is 38.5. The summed E-state index contributed by atoms with van der Waals surface area (Å²) in [6, 6.07) is 44.7. The minimum absolute atomic E-state index is 0.158. The molecule has 0 aliphatic rings. The minimum atomic E-state index is -3.83. The topological polar surface area (TPSA) is 130 Å². The normalized spacial score (nSPS) is 11.6. The van der Waals surface area contributed by atoms with Crippen LogP contribution in [0.4, 0.5) is 0 Å². The van der Waals surface area contributed by atoms with E-state index in [9.17, 15) is 16.8 Å². The maximum absolute atomic E-state index is 13.2. The summed E-state index contributed by atoms with van der Waals surface area (Å²) >= 11 is 3.44. The van der Waals surface area contributed by atoms with Crippen molar-refractivity contribution in [1.82, 2.24) is 28.8 Å². The van der Waals surface area contributed by atoms with Gasteiger partial charge in [-0.2, -0.15) is 16.8 Å². The Hall–Kier alpha value is -5.76. The Balaban J connectivity index is 0.000000172. The number of unbranched alkanes of at least 4 members (excludes halogenated alkanes) is 2. The molecule has 10 nitrogen and oxygen atoms in total. The molecule has 6 aromatic carbocycles. The highest BCUT2D eigenvalue weighted by molar-refractivity contribution is 9.10. The van der Waals surface area contributed by atoms with E-state index in [0.717, 1.165) is 46.7 Å². The number of benzene rings is 6. The molecule has 0 aliphatic carbocycles. The molecule has 0 atom stereocenters. The van der Waals surface area contributed by atoms with Gasteiger partial charge in [0.05, 0.1) is 22.2 Å². The van der Waals surface area contributed by atoms with Crippen molar-refractivity contribution in [2.75, 3.05) is 0 Å². The SMILES string of the molecule is CCCCCc1ccc(-c2cn(S(=O)(=O)c3cccc4ccccc34)nn2)cc1.O=S(=O)(c1ccc(-c2ccccc2)cc1)n1cc(-c2ccccc2Br)nn1. The standard InChI is InChI=1S/C23H23N3O2S.C20H14BrN3O2S/c1-2-3-4-8-18-13-15-20(16-14-18)22-17-26(25-24-22)29(27,28)23-12-7-10-19-9-5-6-11-21(19)23;21-19-9-5-4-8-18(19)20-14-24(23-22-20)27(25,26)17-12-10-16(11-13-17)15-6-2-1-3-7-15/h5-7,9-17H,2-4,8H2,1H3;1-14H. The summed E-state index contributed by atoms with van der Waals surface area (Å²) < 4.78 is 54.7. The summed E-state index contributed by atoms with van der Waals surface area (Å²) in [6.07, 6.45) is 7.55. The van der Waals surface area contributed by atoms with Gasteiger partial charge in [-0.1, -0.05) is 167 Å². The van der Waals surface area contributed by atoms with Crippen molar-refractivity contribution in [3.63, 3.8) is 0 Å². The van der Waals surface area contributed by atoms with Gasteiger partial charge in [0.25, 0.3) is 20.0 Å². The number of hydrogen-bond acceptors (Lipinski definition) is 8. The van der Waals surface area contributed by atoms with Crippen LogP contribution in [0.3, 0.4) is 0 Å². The summed E-state index contributed by atoms with van der Waals surface area (Å²) in [5.74, 6) is 0. The Bertz CT molecular complexity index is 2800. The third kappa shape index (κ3) is 8.40. The highest BCUT2D eigenvalue weighted by Crippen LogP contribution is 2.28. The number of halogens is 1. The molecule has 0 saturated carbocycles. The molecule has 0 radical (unpaired) electrons. The second-order valence-corrected chi connectivity index (χ2v) is 17.4. The van der Waals surface area contributed by atoms with Crippen LogP contribution in [0.25, 0.3) is 44.4 Å². The average Bonchev–Trinajstić information content (AvgIpc) is 3.95. The van der Waals surface area contributed by atoms with Crippen LogP contribution in [-0.2, 0) is 26.5 Å². The van der Waals surface area contributed by atoms with Gasteiger partial charge in [-0.3, -0.25) is 0 Å². The molecule has 2 heterocycles. The molecule has 0 unspecified atom stereocenters. The Kier molecular flexibility index (Phi) is 11.7. The molecule has 0 amide bonds. The van der Waals surface area contributed by atoms with Gasteiger partial charge in [-0.15, -0.1) is 18.4 Å². The van der Waals surface area contributed by atoms with E-state index in [4.69, 9.17) is 0 Å². The van der Waals surface area contributed by atoms with E-state index in [2.05, 4.69) is 55.6 Å². The van der Waals surface area contributed by atoms with E-state index in [-0.39, 0.29) is 9.79 Å². The Labute approximate surface area is 334 Å². The maximum atomic E-state index is 13.2. The van der Waals surface area contributed by atoms with Crippen molar-refractivity contribution in [1.29, 1.82) is 0 Å². The van der Waals surface area contributed by atoms with Gasteiger partial charge < -0.3 is 0 Å². The lowest BCUT2D eigenvalue weighted by atomic mass is 10.0. The van der Waals surface area contributed by atoms with Crippen LogP contribution in [0, 0.1) is 0 Å². The lowest BCUT2D eigenvalue weighted by Crippen LogP contribution is -2.14. The number of nitrogens with zero attached hydrogens (tertiary/aromatic N) is 6. The fourth-order valence-corrected chi connectivity index (χ4v) is 9.00. The van der Waals surface area contributed by atoms with Crippen LogP contribution in [0.1, 0.15) is 31.7 Å². The monoisotopic (exact) mass is 844 g/mol. The van der Waals surface area contributed by atoms with Crippen molar-refractivity contribution in [3.8, 4) is 33.6 Å². The predicted molar refractivity (Wildman–Crippen MR) is 223 cm³/mol. The molecule has 8 aromatic rings. The molecule has 0 saturated heterocycles. The zero-order chi connectivity index (χ0) is 39.1. The molecule has 0 spiro atoms. The van der Waals surface area contributed by atoms with Crippen molar-refractivity contribution in [2.24, 2.45) is 0 Å². The van der Waals surface area contributed by atoms with Crippen molar-refractivity contribution >= 4 is 46.7 Å². The van der Waals surface area contributed by atoms with Gasteiger partial charge in [-0.05, 0) is 59.2 Å². The first-order chi connectivity index (χ1) is 27.1. The second-order valence-electron chi connectivity index (χ2n) is 13.0. The lowest BCUT2D eigenvalue weighted by Gasteiger charge is -2.07. The molecule has 0 aliphatic heterocycles. The van der Waals surface area contributed by atoms with Crippen LogP contribution >= 0.6 is 15.9 Å². The van der Waals surface area contributed by atoms with Crippen LogP contribution in [-0.4, -0.2) is 45.6 Å². The zero-order valence-electron chi connectivity index (χ0n) is 30.4. The zero-order valence-corrected chi connectivity index (χ0v) is 33.6. The van der Waals surface area contributed by atoms with Crippen LogP contribution in [0.5, 0.6) is 0 Å². The molecule has 0 bridgehead atoms. The van der Waals surface area contributed by atoms with Crippen LogP contribution in [0.15, 0.2) is 172 Å². The third-order valence-electron chi connectivity index (χ3n) is 9.19. The highest BCUT2D eigenvalue weighted by atomic mass is 79.9. The van der Waals surface area contributed by atoms with Gasteiger partial charge in [0.1, 0.15) is 11.4 Å². The Morgan fingerprint density at radius 1 is 0.554 bits per heavy atom. The minimum Gasteiger partial charge on any atom is -0.199 e. The number of aromatic nitrogens is 6. The number of hydrogen-bond donors (Lipinski definition) is 0. The second kappa shape index (κ2) is 16.9. The Morgan fingerprint density at radius 2 is 1.14 bits per heavy atom. The quantitative estimate of drug-likeness (QED) is 0.118.